The minimum atomic E-state index is -0.476. The molecule has 6 unspecified atom stereocenters. The van der Waals surface area contributed by atoms with Crippen molar-refractivity contribution in [3.05, 3.63) is 83.3 Å². The Morgan fingerprint density at radius 1 is 1.04 bits per heavy atom. The summed E-state index contributed by atoms with van der Waals surface area (Å²) in [6.07, 6.45) is 22.4. The van der Waals surface area contributed by atoms with Gasteiger partial charge in [-0.15, -0.1) is 0 Å². The predicted molar refractivity (Wildman–Crippen MR) is 183 cm³/mol. The molecule has 3 fully saturated rings. The van der Waals surface area contributed by atoms with Crippen LogP contribution in [0.5, 0.6) is 0 Å². The monoisotopic (exact) mass is 617 g/mol. The fourth-order valence-corrected chi connectivity index (χ4v) is 8.67. The van der Waals surface area contributed by atoms with Crippen LogP contribution in [0.15, 0.2) is 60.3 Å². The first kappa shape index (κ1) is 29.6. The molecular weight excluding hydrogens is 570 g/mol. The lowest BCUT2D eigenvalue weighted by Gasteiger charge is -2.35. The van der Waals surface area contributed by atoms with Crippen LogP contribution in [0, 0.1) is 17.8 Å². The minimum absolute atomic E-state index is 0.0307. The number of hydrogen-bond acceptors (Lipinski definition) is 5. The summed E-state index contributed by atoms with van der Waals surface area (Å²) < 4.78 is 0. The molecule has 240 valence electrons. The van der Waals surface area contributed by atoms with Crippen molar-refractivity contribution < 1.29 is 4.79 Å². The first-order valence-electron chi connectivity index (χ1n) is 17.5. The first-order valence-corrected chi connectivity index (χ1v) is 17.5. The maximum Gasteiger partial charge on any atom is 0.240 e. The average molecular weight is 618 g/mol. The van der Waals surface area contributed by atoms with Crippen LogP contribution in [0.4, 0.5) is 0 Å². The molecule has 8 rings (SSSR count). The highest BCUT2D eigenvalue weighted by molar-refractivity contribution is 5.86. The quantitative estimate of drug-likeness (QED) is 0.281. The molecule has 4 N–H and O–H groups in total. The number of carbonyl (C=O) groups excluding carboxylic acids is 1. The van der Waals surface area contributed by atoms with Gasteiger partial charge in [-0.05, 0) is 98.4 Å². The van der Waals surface area contributed by atoms with Crippen LogP contribution in [-0.2, 0) is 4.79 Å². The topological polar surface area (TPSA) is 107 Å². The third kappa shape index (κ3) is 5.20. The maximum absolute atomic E-state index is 13.7. The molecule has 2 aromatic heterocycles. The number of aromatic nitrogens is 4. The summed E-state index contributed by atoms with van der Waals surface area (Å²) in [6.45, 7) is 5.21. The molecule has 8 heteroatoms. The molecule has 5 aliphatic rings. The van der Waals surface area contributed by atoms with E-state index in [2.05, 4.69) is 75.4 Å². The number of H-pyrrole nitrogens is 2. The van der Waals surface area contributed by atoms with Crippen LogP contribution >= 0.6 is 0 Å². The highest BCUT2D eigenvalue weighted by Crippen LogP contribution is 2.46. The van der Waals surface area contributed by atoms with Gasteiger partial charge in [-0.3, -0.25) is 9.69 Å². The fraction of sp³-hybridized carbons (Fsp3) is 0.500. The number of amides is 1. The number of hydrogen-bond donors (Lipinski definition) is 3. The molecule has 46 heavy (non-hydrogen) atoms. The summed E-state index contributed by atoms with van der Waals surface area (Å²) in [7, 11) is 2.19. The Balaban J connectivity index is 1.02. The van der Waals surface area contributed by atoms with Crippen molar-refractivity contribution in [2.75, 3.05) is 13.6 Å². The van der Waals surface area contributed by atoms with Crippen LogP contribution in [0.3, 0.4) is 0 Å². The second-order valence-electron chi connectivity index (χ2n) is 14.7. The van der Waals surface area contributed by atoms with Crippen LogP contribution < -0.4 is 5.73 Å². The van der Waals surface area contributed by atoms with Crippen LogP contribution in [0.25, 0.3) is 22.2 Å². The fourth-order valence-electron chi connectivity index (χ4n) is 8.67. The van der Waals surface area contributed by atoms with E-state index in [1.54, 1.807) is 0 Å². The van der Waals surface area contributed by atoms with E-state index in [0.29, 0.717) is 17.9 Å². The van der Waals surface area contributed by atoms with Gasteiger partial charge in [-0.1, -0.05) is 63.1 Å². The number of carbonyl (C=O) groups is 1. The van der Waals surface area contributed by atoms with Gasteiger partial charge in [-0.2, -0.15) is 0 Å². The zero-order valence-corrected chi connectivity index (χ0v) is 27.4. The third-order valence-corrected chi connectivity index (χ3v) is 11.4. The number of likely N-dealkylation sites (tertiary alicyclic amines) is 2. The molecule has 2 saturated heterocycles. The number of nitrogens with zero attached hydrogens (tertiary/aromatic N) is 4. The van der Waals surface area contributed by atoms with Crippen molar-refractivity contribution in [2.24, 2.45) is 23.5 Å². The normalized spacial score (nSPS) is 28.7. The van der Waals surface area contributed by atoms with Gasteiger partial charge in [0.25, 0.3) is 0 Å². The highest BCUT2D eigenvalue weighted by atomic mass is 16.2. The van der Waals surface area contributed by atoms with E-state index in [-0.39, 0.29) is 23.9 Å². The molecule has 1 aromatic carbocycles. The number of allylic oxidation sites excluding steroid dienone is 8. The molecular formula is C38H47N7O. The molecule has 2 aliphatic heterocycles. The van der Waals surface area contributed by atoms with Gasteiger partial charge in [0.15, 0.2) is 0 Å². The number of fused-ring (bicyclic) bond motifs is 3. The van der Waals surface area contributed by atoms with E-state index < -0.39 is 6.04 Å². The van der Waals surface area contributed by atoms with E-state index in [1.807, 2.05) is 20.0 Å². The molecule has 8 nitrogen and oxygen atoms in total. The van der Waals surface area contributed by atoms with E-state index in [4.69, 9.17) is 15.7 Å². The van der Waals surface area contributed by atoms with Gasteiger partial charge in [-0.25, -0.2) is 9.97 Å². The summed E-state index contributed by atoms with van der Waals surface area (Å²) in [6, 6.07) is 6.75. The Morgan fingerprint density at radius 3 is 2.74 bits per heavy atom. The van der Waals surface area contributed by atoms with Crippen molar-refractivity contribution in [1.82, 2.24) is 29.7 Å². The zero-order valence-electron chi connectivity index (χ0n) is 27.4. The first-order chi connectivity index (χ1) is 22.3. The predicted octanol–water partition coefficient (Wildman–Crippen LogP) is 6.85. The molecule has 6 atom stereocenters. The number of aromatic amines is 2. The second-order valence-corrected chi connectivity index (χ2v) is 14.7. The minimum Gasteiger partial charge on any atom is -0.341 e. The smallest absolute Gasteiger partial charge is 0.240 e. The van der Waals surface area contributed by atoms with Gasteiger partial charge in [0.05, 0.1) is 41.0 Å². The van der Waals surface area contributed by atoms with Crippen molar-refractivity contribution in [3.63, 3.8) is 0 Å². The molecule has 4 heterocycles. The third-order valence-electron chi connectivity index (χ3n) is 11.4. The summed E-state index contributed by atoms with van der Waals surface area (Å²) in [5.41, 5.74) is 14.6. The Labute approximate surface area is 271 Å². The lowest BCUT2D eigenvalue weighted by molar-refractivity contribution is -0.137. The average Bonchev–Trinajstić information content (AvgIpc) is 3.88. The lowest BCUT2D eigenvalue weighted by Crippen LogP contribution is -2.50. The number of nitrogens with one attached hydrogen (secondary N) is 2. The van der Waals surface area contributed by atoms with E-state index in [9.17, 15) is 4.79 Å². The molecule has 0 radical (unpaired) electrons. The van der Waals surface area contributed by atoms with E-state index in [1.165, 1.54) is 48.0 Å². The van der Waals surface area contributed by atoms with Gasteiger partial charge in [0.1, 0.15) is 11.6 Å². The summed E-state index contributed by atoms with van der Waals surface area (Å²) in [5.74, 6) is 3.04. The Kier molecular flexibility index (Phi) is 7.60. The largest absolute Gasteiger partial charge is 0.341 e. The molecule has 0 spiro atoms. The maximum atomic E-state index is 13.7. The van der Waals surface area contributed by atoms with Crippen molar-refractivity contribution in [1.29, 1.82) is 0 Å². The van der Waals surface area contributed by atoms with E-state index in [0.717, 1.165) is 60.6 Å². The van der Waals surface area contributed by atoms with Crippen LogP contribution in [0.2, 0.25) is 0 Å². The Hall–Kier alpha value is -3.75. The van der Waals surface area contributed by atoms with Crippen LogP contribution in [-0.4, -0.2) is 61.3 Å². The van der Waals surface area contributed by atoms with Gasteiger partial charge < -0.3 is 20.6 Å². The highest BCUT2D eigenvalue weighted by Gasteiger charge is 2.47. The second kappa shape index (κ2) is 11.8. The van der Waals surface area contributed by atoms with Gasteiger partial charge in [0, 0.05) is 12.0 Å². The summed E-state index contributed by atoms with van der Waals surface area (Å²) in [4.78, 5) is 35.3. The molecule has 0 bridgehead atoms. The van der Waals surface area contributed by atoms with Crippen LogP contribution in [0.1, 0.15) is 100 Å². The van der Waals surface area contributed by atoms with E-state index >= 15 is 0 Å². The number of imidazole rings is 2. The van der Waals surface area contributed by atoms with Crippen molar-refractivity contribution in [3.8, 4) is 0 Å². The van der Waals surface area contributed by atoms with Crippen molar-refractivity contribution in [2.45, 2.75) is 89.4 Å². The SMILES string of the molecule is CC(C)C(N)C(=O)N1C(c2ncc(C3=CC=C4C=C(c5ccc6nc(C7CCCN7C)[nH]c6c5)C=CC4C3)[nH]2)CC2CCCCC21. The van der Waals surface area contributed by atoms with Crippen molar-refractivity contribution >= 4 is 28.1 Å². The van der Waals surface area contributed by atoms with Gasteiger partial charge in [0.2, 0.25) is 5.91 Å². The Morgan fingerprint density at radius 2 is 1.91 bits per heavy atom. The lowest BCUT2D eigenvalue weighted by atomic mass is 9.81. The number of nitrogens with two attached hydrogens (primary N) is 1. The molecule has 3 aliphatic carbocycles. The molecule has 1 amide bonds. The molecule has 3 aromatic rings. The summed E-state index contributed by atoms with van der Waals surface area (Å²) >= 11 is 0. The summed E-state index contributed by atoms with van der Waals surface area (Å²) in [5, 5.41) is 0. The standard InChI is InChI=1S/C38H47N7O/c1-22(2)35(39)38(46)45-32-8-5-4-7-28(32)20-34(45)36-40-21-31(43-36)27-13-12-23-17-24(10-11-25(23)18-27)26-14-15-29-30(19-26)42-37(41-29)33-9-6-16-44(33)3/h10-15,17,19,21-22,25,28,32-35H,4-9,16,18,20,39H2,1-3H3,(H,40,43)(H,41,42). The van der Waals surface area contributed by atoms with Gasteiger partial charge >= 0.3 is 0 Å². The Bertz CT molecular complexity index is 1770. The zero-order chi connectivity index (χ0) is 31.5. The molecule has 1 saturated carbocycles. The number of rotatable bonds is 6. The number of benzene rings is 1.